The first kappa shape index (κ1) is 15.2. The van der Waals surface area contributed by atoms with E-state index in [-0.39, 0.29) is 5.56 Å². The molecule has 0 radical (unpaired) electrons. The van der Waals surface area contributed by atoms with Gasteiger partial charge in [0.2, 0.25) is 0 Å². The molecule has 1 N–H and O–H groups in total. The van der Waals surface area contributed by atoms with Crippen molar-refractivity contribution in [2.75, 3.05) is 5.32 Å². The van der Waals surface area contributed by atoms with Gasteiger partial charge >= 0.3 is 0 Å². The highest BCUT2D eigenvalue weighted by Gasteiger charge is 2.11. The Morgan fingerprint density at radius 1 is 1.19 bits per heavy atom. The van der Waals surface area contributed by atoms with Crippen molar-refractivity contribution >= 4 is 11.6 Å². The van der Waals surface area contributed by atoms with Gasteiger partial charge in [0.05, 0.1) is 11.8 Å². The maximum Gasteiger partial charge on any atom is 0.258 e. The van der Waals surface area contributed by atoms with E-state index >= 15 is 0 Å². The van der Waals surface area contributed by atoms with Gasteiger partial charge < -0.3 is 5.32 Å². The van der Waals surface area contributed by atoms with Crippen molar-refractivity contribution in [3.8, 4) is 0 Å². The summed E-state index contributed by atoms with van der Waals surface area (Å²) < 4.78 is 13.5. The molecule has 0 atom stereocenters. The van der Waals surface area contributed by atoms with Crippen LogP contribution in [0, 0.1) is 5.82 Å². The van der Waals surface area contributed by atoms with E-state index in [1.807, 2.05) is 24.3 Å². The van der Waals surface area contributed by atoms with Crippen LogP contribution in [0.25, 0.3) is 0 Å². The Morgan fingerprint density at radius 3 is 2.62 bits per heavy atom. The highest BCUT2D eigenvalue weighted by atomic mass is 19.1. The Morgan fingerprint density at radius 2 is 1.95 bits per heavy atom. The van der Waals surface area contributed by atoms with Crippen LogP contribution >= 0.6 is 0 Å². The minimum Gasteiger partial charge on any atom is -0.322 e. The predicted octanol–water partition coefficient (Wildman–Crippen LogP) is 4.21. The van der Waals surface area contributed by atoms with E-state index in [0.29, 0.717) is 5.69 Å². The van der Waals surface area contributed by atoms with E-state index in [1.165, 1.54) is 37.1 Å². The lowest BCUT2D eigenvalue weighted by Gasteiger charge is -2.07. The predicted molar refractivity (Wildman–Crippen MR) is 81.8 cm³/mol. The first-order chi connectivity index (χ1) is 10.2. The molecule has 0 saturated carbocycles. The first-order valence-corrected chi connectivity index (χ1v) is 7.20. The number of anilines is 1. The van der Waals surface area contributed by atoms with E-state index in [9.17, 15) is 9.18 Å². The molecule has 3 nitrogen and oxygen atoms in total. The lowest BCUT2D eigenvalue weighted by Crippen LogP contribution is -2.13. The third-order valence-corrected chi connectivity index (χ3v) is 3.30. The second-order valence-electron chi connectivity index (χ2n) is 4.96. The lowest BCUT2D eigenvalue weighted by atomic mass is 10.1. The lowest BCUT2D eigenvalue weighted by molar-refractivity contribution is 0.102. The maximum atomic E-state index is 13.5. The molecular weight excluding hydrogens is 267 g/mol. The first-order valence-electron chi connectivity index (χ1n) is 7.20. The van der Waals surface area contributed by atoms with Gasteiger partial charge in [-0.15, -0.1) is 0 Å². The Bertz CT molecular complexity index is 596. The number of hydrogen-bond acceptors (Lipinski definition) is 2. The van der Waals surface area contributed by atoms with Gasteiger partial charge in [0.25, 0.3) is 5.91 Å². The van der Waals surface area contributed by atoms with E-state index in [0.717, 1.165) is 12.6 Å². The average Bonchev–Trinajstić information content (AvgIpc) is 2.49. The summed E-state index contributed by atoms with van der Waals surface area (Å²) in [6.45, 7) is 2.18. The number of unbranched alkanes of at least 4 members (excludes halogenated alkanes) is 2. The fraction of sp³-hybridized carbons (Fsp3) is 0.294. The molecule has 0 fully saturated rings. The zero-order chi connectivity index (χ0) is 15.1. The van der Waals surface area contributed by atoms with Crippen LogP contribution in [0.5, 0.6) is 0 Å². The molecule has 1 heterocycles. The van der Waals surface area contributed by atoms with E-state index in [2.05, 4.69) is 17.2 Å². The number of carbonyl (C=O) groups excluding carboxylic acids is 1. The number of amides is 1. The molecule has 0 saturated heterocycles. The average molecular weight is 286 g/mol. The van der Waals surface area contributed by atoms with Crippen LogP contribution in [-0.4, -0.2) is 10.9 Å². The van der Waals surface area contributed by atoms with E-state index in [1.54, 1.807) is 0 Å². The molecule has 21 heavy (non-hydrogen) atoms. The number of pyridine rings is 1. The van der Waals surface area contributed by atoms with Crippen LogP contribution in [0.4, 0.5) is 10.1 Å². The summed E-state index contributed by atoms with van der Waals surface area (Å²) in [5.41, 5.74) is 1.91. The number of hydrogen-bond donors (Lipinski definition) is 1. The third-order valence-electron chi connectivity index (χ3n) is 3.30. The number of benzene rings is 1. The van der Waals surface area contributed by atoms with Crippen molar-refractivity contribution in [3.63, 3.8) is 0 Å². The van der Waals surface area contributed by atoms with Crippen LogP contribution < -0.4 is 5.32 Å². The summed E-state index contributed by atoms with van der Waals surface area (Å²) in [7, 11) is 0. The third kappa shape index (κ3) is 4.38. The summed E-state index contributed by atoms with van der Waals surface area (Å²) in [4.78, 5) is 15.6. The van der Waals surface area contributed by atoms with Crippen molar-refractivity contribution in [3.05, 3.63) is 59.7 Å². The zero-order valence-electron chi connectivity index (χ0n) is 12.1. The minimum absolute atomic E-state index is 0.00276. The fourth-order valence-corrected chi connectivity index (χ4v) is 2.09. The van der Waals surface area contributed by atoms with Gasteiger partial charge in [-0.25, -0.2) is 4.39 Å². The van der Waals surface area contributed by atoms with Crippen molar-refractivity contribution in [1.82, 2.24) is 4.98 Å². The topological polar surface area (TPSA) is 42.0 Å². The number of nitrogens with one attached hydrogen (secondary N) is 1. The van der Waals surface area contributed by atoms with Crippen LogP contribution in [0.15, 0.2) is 42.7 Å². The van der Waals surface area contributed by atoms with Crippen molar-refractivity contribution < 1.29 is 9.18 Å². The molecule has 4 heteroatoms. The molecule has 0 aliphatic rings. The van der Waals surface area contributed by atoms with Gasteiger partial charge in [0.1, 0.15) is 0 Å². The Hall–Kier alpha value is -2.23. The molecule has 0 aliphatic carbocycles. The Labute approximate surface area is 124 Å². The molecule has 1 amide bonds. The quantitative estimate of drug-likeness (QED) is 0.808. The monoisotopic (exact) mass is 286 g/mol. The SMILES string of the molecule is CCCCCc1ccc(NC(=O)c2ccncc2F)cc1. The van der Waals surface area contributed by atoms with Crippen LogP contribution in [0.1, 0.15) is 42.1 Å². The van der Waals surface area contributed by atoms with Gasteiger partial charge in [0.15, 0.2) is 5.82 Å². The minimum atomic E-state index is -0.619. The number of carbonyl (C=O) groups is 1. The summed E-state index contributed by atoms with van der Waals surface area (Å²) in [6.07, 6.45) is 7.07. The molecule has 2 rings (SSSR count). The van der Waals surface area contributed by atoms with Gasteiger partial charge in [-0.05, 0) is 36.6 Å². The molecule has 0 unspecified atom stereocenters. The molecule has 0 spiro atoms. The second-order valence-corrected chi connectivity index (χ2v) is 4.96. The number of aromatic nitrogens is 1. The van der Waals surface area contributed by atoms with Crippen molar-refractivity contribution in [2.45, 2.75) is 32.6 Å². The van der Waals surface area contributed by atoms with Gasteiger partial charge in [-0.3, -0.25) is 9.78 Å². The molecular formula is C17H19FN2O. The molecule has 0 bridgehead atoms. The van der Waals surface area contributed by atoms with E-state index < -0.39 is 11.7 Å². The van der Waals surface area contributed by atoms with Gasteiger partial charge in [0, 0.05) is 11.9 Å². The second kappa shape index (κ2) is 7.53. The molecule has 1 aromatic heterocycles. The Kier molecular flexibility index (Phi) is 5.43. The van der Waals surface area contributed by atoms with E-state index in [4.69, 9.17) is 0 Å². The van der Waals surface area contributed by atoms with Crippen LogP contribution in [0.3, 0.4) is 0 Å². The standard InChI is InChI=1S/C17H19FN2O/c1-2-3-4-5-13-6-8-14(9-7-13)20-17(21)15-10-11-19-12-16(15)18/h6-12H,2-5H2,1H3,(H,20,21). The van der Waals surface area contributed by atoms with Crippen LogP contribution in [-0.2, 0) is 6.42 Å². The summed E-state index contributed by atoms with van der Waals surface area (Å²) in [5, 5.41) is 2.69. The number of nitrogens with zero attached hydrogens (tertiary/aromatic N) is 1. The van der Waals surface area contributed by atoms with Gasteiger partial charge in [-0.1, -0.05) is 31.9 Å². The largest absolute Gasteiger partial charge is 0.322 e. The van der Waals surface area contributed by atoms with Gasteiger partial charge in [-0.2, -0.15) is 0 Å². The normalized spacial score (nSPS) is 10.4. The maximum absolute atomic E-state index is 13.5. The highest BCUT2D eigenvalue weighted by Crippen LogP contribution is 2.14. The molecule has 0 aliphatic heterocycles. The molecule has 110 valence electrons. The Balaban J connectivity index is 1.97. The fourth-order valence-electron chi connectivity index (χ4n) is 2.09. The highest BCUT2D eigenvalue weighted by molar-refractivity contribution is 6.04. The molecule has 1 aromatic carbocycles. The summed E-state index contributed by atoms with van der Waals surface area (Å²) in [6, 6.07) is 9.04. The van der Waals surface area contributed by atoms with Crippen molar-refractivity contribution in [2.24, 2.45) is 0 Å². The number of aryl methyl sites for hydroxylation is 1. The van der Waals surface area contributed by atoms with Crippen molar-refractivity contribution in [1.29, 1.82) is 0 Å². The van der Waals surface area contributed by atoms with Crippen LogP contribution in [0.2, 0.25) is 0 Å². The smallest absolute Gasteiger partial charge is 0.258 e. The zero-order valence-corrected chi connectivity index (χ0v) is 12.1. The molecule has 2 aromatic rings. The number of halogens is 1. The summed E-state index contributed by atoms with van der Waals surface area (Å²) >= 11 is 0. The number of rotatable bonds is 6. The summed E-state index contributed by atoms with van der Waals surface area (Å²) in [5.74, 6) is -1.08.